The van der Waals surface area contributed by atoms with Crippen molar-refractivity contribution in [2.45, 2.75) is 13.0 Å². The number of rotatable bonds is 2. The van der Waals surface area contributed by atoms with Gasteiger partial charge in [0.2, 0.25) is 0 Å². The zero-order valence-corrected chi connectivity index (χ0v) is 8.23. The molecule has 1 aliphatic rings. The van der Waals surface area contributed by atoms with Gasteiger partial charge in [-0.15, -0.1) is 0 Å². The summed E-state index contributed by atoms with van der Waals surface area (Å²) in [6.07, 6.45) is 0. The van der Waals surface area contributed by atoms with E-state index in [2.05, 4.69) is 24.0 Å². The van der Waals surface area contributed by atoms with E-state index in [-0.39, 0.29) is 6.04 Å². The average molecular weight is 190 g/mol. The Morgan fingerprint density at radius 3 is 2.93 bits per heavy atom. The summed E-state index contributed by atoms with van der Waals surface area (Å²) in [5, 5.41) is 0. The summed E-state index contributed by atoms with van der Waals surface area (Å²) >= 11 is 0. The van der Waals surface area contributed by atoms with Crippen molar-refractivity contribution in [2.75, 3.05) is 13.2 Å². The molecule has 1 aromatic rings. The van der Waals surface area contributed by atoms with Gasteiger partial charge in [-0.1, -0.05) is 24.3 Å². The molecule has 1 heterocycles. The molecule has 0 spiro atoms. The van der Waals surface area contributed by atoms with Gasteiger partial charge in [0, 0.05) is 0 Å². The lowest BCUT2D eigenvalue weighted by Crippen LogP contribution is -2.13. The van der Waals surface area contributed by atoms with E-state index in [0.717, 1.165) is 0 Å². The zero-order chi connectivity index (χ0) is 9.97. The van der Waals surface area contributed by atoms with Gasteiger partial charge in [0.05, 0.1) is 6.54 Å². The van der Waals surface area contributed by atoms with Crippen LogP contribution in [0.1, 0.15) is 17.2 Å². The normalized spacial score (nSPS) is 20.4. The van der Waals surface area contributed by atoms with Gasteiger partial charge in [-0.25, -0.2) is 4.99 Å². The number of benzene rings is 1. The third-order valence-corrected chi connectivity index (χ3v) is 2.43. The molecule has 0 aliphatic carbocycles. The Bertz CT molecular complexity index is 360. The lowest BCUT2D eigenvalue weighted by Gasteiger charge is -2.08. The van der Waals surface area contributed by atoms with Gasteiger partial charge in [0.1, 0.15) is 12.6 Å². The van der Waals surface area contributed by atoms with E-state index in [1.54, 1.807) is 0 Å². The highest BCUT2D eigenvalue weighted by Crippen LogP contribution is 2.25. The van der Waals surface area contributed by atoms with Gasteiger partial charge >= 0.3 is 0 Å². The van der Waals surface area contributed by atoms with Gasteiger partial charge in [-0.3, -0.25) is 0 Å². The molecule has 1 atom stereocenters. The molecule has 1 aromatic carbocycles. The Labute approximate surface area is 83.6 Å². The molecule has 74 valence electrons. The van der Waals surface area contributed by atoms with Crippen LogP contribution in [0.5, 0.6) is 0 Å². The maximum Gasteiger partial charge on any atom is 0.198 e. The first kappa shape index (κ1) is 9.21. The number of nitrogens with two attached hydrogens (primary N) is 1. The van der Waals surface area contributed by atoms with Crippen LogP contribution in [0.4, 0.5) is 0 Å². The van der Waals surface area contributed by atoms with Crippen LogP contribution in [-0.4, -0.2) is 19.0 Å². The first-order valence-corrected chi connectivity index (χ1v) is 4.76. The van der Waals surface area contributed by atoms with Crippen molar-refractivity contribution in [2.24, 2.45) is 10.7 Å². The SMILES string of the molecule is Cc1ccccc1C1COC(CN)=N1. The van der Waals surface area contributed by atoms with E-state index in [4.69, 9.17) is 10.5 Å². The number of ether oxygens (including phenoxy) is 1. The van der Waals surface area contributed by atoms with E-state index >= 15 is 0 Å². The summed E-state index contributed by atoms with van der Waals surface area (Å²) < 4.78 is 5.35. The topological polar surface area (TPSA) is 47.6 Å². The number of aryl methyl sites for hydroxylation is 1. The molecule has 3 nitrogen and oxygen atoms in total. The predicted octanol–water partition coefficient (Wildman–Crippen LogP) is 1.42. The lowest BCUT2D eigenvalue weighted by atomic mass is 10.0. The highest BCUT2D eigenvalue weighted by Gasteiger charge is 2.20. The van der Waals surface area contributed by atoms with E-state index in [9.17, 15) is 0 Å². The van der Waals surface area contributed by atoms with Crippen molar-refractivity contribution in [3.05, 3.63) is 35.4 Å². The van der Waals surface area contributed by atoms with E-state index in [0.29, 0.717) is 19.0 Å². The molecule has 0 saturated carbocycles. The summed E-state index contributed by atoms with van der Waals surface area (Å²) in [7, 11) is 0. The standard InChI is InChI=1S/C11H14N2O/c1-8-4-2-3-5-9(8)10-7-14-11(6-12)13-10/h2-5,10H,6-7,12H2,1H3. The Morgan fingerprint density at radius 2 is 2.29 bits per heavy atom. The van der Waals surface area contributed by atoms with Crippen molar-refractivity contribution in [3.63, 3.8) is 0 Å². The molecule has 0 amide bonds. The summed E-state index contributed by atoms with van der Waals surface area (Å²) in [6.45, 7) is 3.10. The maximum absolute atomic E-state index is 5.46. The largest absolute Gasteiger partial charge is 0.477 e. The van der Waals surface area contributed by atoms with Gasteiger partial charge in [-0.05, 0) is 18.1 Å². The van der Waals surface area contributed by atoms with E-state index in [1.165, 1.54) is 11.1 Å². The third kappa shape index (κ3) is 1.63. The first-order chi connectivity index (χ1) is 6.81. The molecule has 0 radical (unpaired) electrons. The van der Waals surface area contributed by atoms with Crippen LogP contribution in [0.2, 0.25) is 0 Å². The summed E-state index contributed by atoms with van der Waals surface area (Å²) in [5.41, 5.74) is 7.94. The summed E-state index contributed by atoms with van der Waals surface area (Å²) in [6, 6.07) is 8.37. The number of aliphatic imine (C=N–C) groups is 1. The van der Waals surface area contributed by atoms with Crippen molar-refractivity contribution >= 4 is 5.90 Å². The van der Waals surface area contributed by atoms with Crippen molar-refractivity contribution in [1.82, 2.24) is 0 Å². The fourth-order valence-corrected chi connectivity index (χ4v) is 1.66. The minimum absolute atomic E-state index is 0.134. The molecule has 1 aliphatic heterocycles. The Morgan fingerprint density at radius 1 is 1.50 bits per heavy atom. The second kappa shape index (κ2) is 3.80. The number of nitrogens with zero attached hydrogens (tertiary/aromatic N) is 1. The lowest BCUT2D eigenvalue weighted by molar-refractivity contribution is 0.314. The van der Waals surface area contributed by atoms with Gasteiger partial charge < -0.3 is 10.5 Å². The molecule has 14 heavy (non-hydrogen) atoms. The molecule has 0 aromatic heterocycles. The summed E-state index contributed by atoms with van der Waals surface area (Å²) in [5.74, 6) is 0.665. The predicted molar refractivity (Wildman–Crippen MR) is 56.4 cm³/mol. The Balaban J connectivity index is 2.25. The molecule has 0 fully saturated rings. The molecule has 2 N–H and O–H groups in total. The zero-order valence-electron chi connectivity index (χ0n) is 8.23. The second-order valence-electron chi connectivity index (χ2n) is 3.41. The molecular weight excluding hydrogens is 176 g/mol. The van der Waals surface area contributed by atoms with Crippen molar-refractivity contribution in [1.29, 1.82) is 0 Å². The second-order valence-corrected chi connectivity index (χ2v) is 3.41. The Kier molecular flexibility index (Phi) is 2.50. The smallest absolute Gasteiger partial charge is 0.198 e. The van der Waals surface area contributed by atoms with Crippen LogP contribution in [0, 0.1) is 6.92 Å². The van der Waals surface area contributed by atoms with E-state index < -0.39 is 0 Å². The van der Waals surface area contributed by atoms with Crippen LogP contribution >= 0.6 is 0 Å². The molecule has 2 rings (SSSR count). The summed E-state index contributed by atoms with van der Waals surface area (Å²) in [4.78, 5) is 4.41. The molecular formula is C11H14N2O. The minimum Gasteiger partial charge on any atom is -0.477 e. The van der Waals surface area contributed by atoms with Crippen LogP contribution in [0.3, 0.4) is 0 Å². The van der Waals surface area contributed by atoms with Crippen molar-refractivity contribution in [3.8, 4) is 0 Å². The Hall–Kier alpha value is -1.35. The fraction of sp³-hybridized carbons (Fsp3) is 0.364. The average Bonchev–Trinajstić information content (AvgIpc) is 2.67. The first-order valence-electron chi connectivity index (χ1n) is 4.76. The van der Waals surface area contributed by atoms with Crippen molar-refractivity contribution < 1.29 is 4.74 Å². The minimum atomic E-state index is 0.134. The van der Waals surface area contributed by atoms with Crippen LogP contribution in [-0.2, 0) is 4.74 Å². The molecule has 1 unspecified atom stereocenters. The quantitative estimate of drug-likeness (QED) is 0.766. The number of hydrogen-bond acceptors (Lipinski definition) is 3. The maximum atomic E-state index is 5.46. The highest BCUT2D eigenvalue weighted by atomic mass is 16.5. The van der Waals surface area contributed by atoms with Gasteiger partial charge in [0.25, 0.3) is 0 Å². The molecule has 0 bridgehead atoms. The highest BCUT2D eigenvalue weighted by molar-refractivity contribution is 5.79. The van der Waals surface area contributed by atoms with Gasteiger partial charge in [0.15, 0.2) is 5.90 Å². The van der Waals surface area contributed by atoms with Crippen LogP contribution in [0.15, 0.2) is 29.3 Å². The monoisotopic (exact) mass is 190 g/mol. The molecule has 0 saturated heterocycles. The van der Waals surface area contributed by atoms with Crippen LogP contribution < -0.4 is 5.73 Å². The fourth-order valence-electron chi connectivity index (χ4n) is 1.66. The van der Waals surface area contributed by atoms with Crippen LogP contribution in [0.25, 0.3) is 0 Å². The number of hydrogen-bond donors (Lipinski definition) is 1. The third-order valence-electron chi connectivity index (χ3n) is 2.43. The van der Waals surface area contributed by atoms with E-state index in [1.807, 2.05) is 12.1 Å². The molecule has 3 heteroatoms. The van der Waals surface area contributed by atoms with Gasteiger partial charge in [-0.2, -0.15) is 0 Å².